The molecule has 0 saturated carbocycles. The Bertz CT molecular complexity index is 834. The molecule has 1 aromatic heterocycles. The molecule has 10 nitrogen and oxygen atoms in total. The van der Waals surface area contributed by atoms with Gasteiger partial charge in [0, 0.05) is 26.3 Å². The quantitative estimate of drug-likeness (QED) is 0.405. The van der Waals surface area contributed by atoms with Crippen molar-refractivity contribution < 1.29 is 23.9 Å². The number of hydrogen-bond donors (Lipinski definition) is 3. The third-order valence-corrected chi connectivity index (χ3v) is 5.19. The second-order valence-electron chi connectivity index (χ2n) is 7.81. The van der Waals surface area contributed by atoms with Gasteiger partial charge in [-0.2, -0.15) is 0 Å². The number of likely N-dealkylation sites (tertiary alicyclic amines) is 1. The van der Waals surface area contributed by atoms with Crippen LogP contribution in [0.25, 0.3) is 0 Å². The van der Waals surface area contributed by atoms with Crippen LogP contribution in [-0.4, -0.2) is 71.6 Å². The number of methoxy groups -OCH3 is 1. The normalized spacial score (nSPS) is 18.9. The number of amides is 4. The predicted molar refractivity (Wildman–Crippen MR) is 114 cm³/mol. The van der Waals surface area contributed by atoms with E-state index in [-0.39, 0.29) is 24.8 Å². The van der Waals surface area contributed by atoms with Gasteiger partial charge >= 0.3 is 12.0 Å². The van der Waals surface area contributed by atoms with E-state index < -0.39 is 36.0 Å². The molecule has 0 unspecified atom stereocenters. The largest absolute Gasteiger partial charge is 0.467 e. The van der Waals surface area contributed by atoms with Gasteiger partial charge < -0.3 is 30.2 Å². The van der Waals surface area contributed by atoms with Gasteiger partial charge in [-0.25, -0.2) is 9.59 Å². The maximum atomic E-state index is 13.1. The first kappa shape index (κ1) is 24.0. The lowest BCUT2D eigenvalue weighted by Gasteiger charge is -2.27. The molecule has 3 N–H and O–H groups in total. The van der Waals surface area contributed by atoms with Crippen LogP contribution in [0.5, 0.6) is 0 Å². The number of nitrogens with zero attached hydrogens (tertiary/aromatic N) is 2. The van der Waals surface area contributed by atoms with Crippen LogP contribution in [0.3, 0.4) is 0 Å². The molecule has 10 heteroatoms. The van der Waals surface area contributed by atoms with Crippen LogP contribution in [0.1, 0.15) is 30.8 Å². The Hall–Kier alpha value is -3.30. The Labute approximate surface area is 182 Å². The summed E-state index contributed by atoms with van der Waals surface area (Å²) in [5.41, 5.74) is 0.419. The van der Waals surface area contributed by atoms with Gasteiger partial charge in [0.2, 0.25) is 5.91 Å². The third kappa shape index (κ3) is 5.87. The second-order valence-corrected chi connectivity index (χ2v) is 7.81. The molecule has 0 radical (unpaired) electrons. The van der Waals surface area contributed by atoms with Crippen molar-refractivity contribution in [1.82, 2.24) is 25.4 Å². The van der Waals surface area contributed by atoms with E-state index in [4.69, 9.17) is 4.74 Å². The zero-order valence-electron chi connectivity index (χ0n) is 18.4. The minimum Gasteiger partial charge on any atom is -0.467 e. The number of esters is 1. The van der Waals surface area contributed by atoms with Crippen molar-refractivity contribution >= 4 is 23.8 Å². The molecule has 2 rings (SSSR count). The van der Waals surface area contributed by atoms with E-state index in [1.54, 1.807) is 49.9 Å². The highest BCUT2D eigenvalue weighted by Crippen LogP contribution is 2.22. The van der Waals surface area contributed by atoms with Crippen molar-refractivity contribution in [3.8, 4) is 0 Å². The summed E-state index contributed by atoms with van der Waals surface area (Å²) in [6.07, 6.45) is 3.51. The maximum absolute atomic E-state index is 13.1. The third-order valence-electron chi connectivity index (χ3n) is 5.19. The Morgan fingerprint density at radius 3 is 2.58 bits per heavy atom. The topological polar surface area (TPSA) is 122 Å². The molecule has 3 atom stereocenters. The van der Waals surface area contributed by atoms with Crippen LogP contribution >= 0.6 is 0 Å². The van der Waals surface area contributed by atoms with E-state index in [2.05, 4.69) is 22.5 Å². The van der Waals surface area contributed by atoms with Gasteiger partial charge in [-0.15, -0.1) is 6.58 Å². The van der Waals surface area contributed by atoms with Crippen LogP contribution in [0.15, 0.2) is 31.0 Å². The summed E-state index contributed by atoms with van der Waals surface area (Å²) in [6.45, 7) is 7.58. The molecule has 1 aliphatic rings. The average Bonchev–Trinajstić information content (AvgIpc) is 3.35. The molecule has 1 fully saturated rings. The highest BCUT2D eigenvalue weighted by atomic mass is 16.5. The summed E-state index contributed by atoms with van der Waals surface area (Å²) < 4.78 is 6.45. The van der Waals surface area contributed by atoms with E-state index in [9.17, 15) is 19.2 Å². The molecule has 1 saturated heterocycles. The lowest BCUT2D eigenvalue weighted by Crippen LogP contribution is -2.52. The Morgan fingerprint density at radius 1 is 1.32 bits per heavy atom. The molecule has 31 heavy (non-hydrogen) atoms. The smallest absolute Gasteiger partial charge is 0.328 e. The number of aryl methyl sites for hydroxylation is 1. The molecule has 0 aromatic carbocycles. The number of hydrogen-bond acceptors (Lipinski definition) is 5. The molecule has 1 aromatic rings. The minimum atomic E-state index is -0.849. The maximum Gasteiger partial charge on any atom is 0.328 e. The van der Waals surface area contributed by atoms with Crippen LogP contribution in [0.4, 0.5) is 4.79 Å². The Kier molecular flexibility index (Phi) is 8.23. The van der Waals surface area contributed by atoms with Gasteiger partial charge in [0.15, 0.2) is 0 Å². The highest BCUT2D eigenvalue weighted by molar-refractivity contribution is 5.98. The molecular weight excluding hydrogens is 402 g/mol. The number of carbonyl (C=O) groups is 4. The minimum absolute atomic E-state index is 0.161. The van der Waals surface area contributed by atoms with E-state index in [1.165, 1.54) is 12.0 Å². The van der Waals surface area contributed by atoms with Crippen LogP contribution in [-0.2, 0) is 21.4 Å². The van der Waals surface area contributed by atoms with Crippen molar-refractivity contribution in [2.45, 2.75) is 38.4 Å². The fraction of sp³-hybridized carbons (Fsp3) is 0.524. The SMILES string of the molecule is C=CCNC(=O)N[C@H]1C[C@@H](C(=O)N[C@@H](C(=O)OC)C(C)C)N(C(=O)c2cccn2C)C1. The first-order valence-corrected chi connectivity index (χ1v) is 10.1. The second kappa shape index (κ2) is 10.6. The molecule has 0 spiro atoms. The van der Waals surface area contributed by atoms with Crippen molar-refractivity contribution in [1.29, 1.82) is 0 Å². The van der Waals surface area contributed by atoms with Crippen molar-refractivity contribution in [3.63, 3.8) is 0 Å². The van der Waals surface area contributed by atoms with Gasteiger partial charge in [0.1, 0.15) is 17.8 Å². The zero-order chi connectivity index (χ0) is 23.1. The fourth-order valence-corrected chi connectivity index (χ4v) is 3.52. The van der Waals surface area contributed by atoms with Crippen LogP contribution in [0, 0.1) is 5.92 Å². The number of aromatic nitrogens is 1. The van der Waals surface area contributed by atoms with Gasteiger partial charge in [-0.3, -0.25) is 9.59 Å². The lowest BCUT2D eigenvalue weighted by molar-refractivity contribution is -0.146. The summed E-state index contributed by atoms with van der Waals surface area (Å²) in [4.78, 5) is 51.8. The van der Waals surface area contributed by atoms with Crippen molar-refractivity contribution in [2.75, 3.05) is 20.2 Å². The van der Waals surface area contributed by atoms with Gasteiger partial charge in [-0.1, -0.05) is 19.9 Å². The number of ether oxygens (including phenoxy) is 1. The summed E-state index contributed by atoms with van der Waals surface area (Å²) in [7, 11) is 3.00. The van der Waals surface area contributed by atoms with Crippen molar-refractivity contribution in [3.05, 3.63) is 36.7 Å². The summed E-state index contributed by atoms with van der Waals surface area (Å²) in [5.74, 6) is -1.56. The lowest BCUT2D eigenvalue weighted by atomic mass is 10.0. The average molecular weight is 434 g/mol. The molecule has 170 valence electrons. The van der Waals surface area contributed by atoms with E-state index in [1.807, 2.05) is 0 Å². The van der Waals surface area contributed by atoms with Gasteiger partial charge in [0.25, 0.3) is 5.91 Å². The van der Waals surface area contributed by atoms with Crippen molar-refractivity contribution in [2.24, 2.45) is 13.0 Å². The Morgan fingerprint density at radius 2 is 2.03 bits per heavy atom. The van der Waals surface area contributed by atoms with Gasteiger partial charge in [-0.05, 0) is 24.5 Å². The molecule has 4 amide bonds. The summed E-state index contributed by atoms with van der Waals surface area (Å²) in [6, 6.07) is 0.876. The first-order valence-electron chi connectivity index (χ1n) is 10.1. The zero-order valence-corrected chi connectivity index (χ0v) is 18.4. The first-order chi connectivity index (χ1) is 14.7. The van der Waals surface area contributed by atoms with Crippen LogP contribution < -0.4 is 16.0 Å². The Balaban J connectivity index is 2.22. The molecule has 1 aliphatic heterocycles. The number of carbonyl (C=O) groups excluding carboxylic acids is 4. The number of rotatable bonds is 8. The van der Waals surface area contributed by atoms with Gasteiger partial charge in [0.05, 0.1) is 13.2 Å². The summed E-state index contributed by atoms with van der Waals surface area (Å²) in [5, 5.41) is 8.11. The molecular formula is C21H31N5O5. The van der Waals surface area contributed by atoms with Crippen LogP contribution in [0.2, 0.25) is 0 Å². The highest BCUT2D eigenvalue weighted by Gasteiger charge is 2.42. The molecule has 2 heterocycles. The fourth-order valence-electron chi connectivity index (χ4n) is 3.52. The predicted octanol–water partition coefficient (Wildman–Crippen LogP) is 0.407. The standard InChI is InChI=1S/C21H31N5O5/c1-6-9-22-21(30)23-14-11-16(18(27)24-17(13(2)3)20(29)31-5)26(12-14)19(28)15-8-7-10-25(15)4/h6-8,10,13-14,16-17H,1,9,11-12H2,2-5H3,(H,24,27)(H2,22,23,30)/t14-,16-,17+/m0/s1. The van der Waals surface area contributed by atoms with E-state index in [0.717, 1.165) is 0 Å². The van der Waals surface area contributed by atoms with E-state index in [0.29, 0.717) is 12.2 Å². The molecule has 0 bridgehead atoms. The number of nitrogens with one attached hydrogen (secondary N) is 3. The van der Waals surface area contributed by atoms with E-state index >= 15 is 0 Å². The molecule has 0 aliphatic carbocycles. The summed E-state index contributed by atoms with van der Waals surface area (Å²) >= 11 is 0. The number of urea groups is 1. The monoisotopic (exact) mass is 433 g/mol.